The highest BCUT2D eigenvalue weighted by Gasteiger charge is 2.16. The molecule has 0 aromatic rings. The summed E-state index contributed by atoms with van der Waals surface area (Å²) in [5.41, 5.74) is 0. The molecule has 0 rings (SSSR count). The van der Waals surface area contributed by atoms with Crippen LogP contribution in [0, 0.1) is 0 Å². The molecule has 0 spiro atoms. The number of aliphatic hydroxyl groups excluding tert-OH is 1. The van der Waals surface area contributed by atoms with Gasteiger partial charge in [-0.15, -0.1) is 0 Å². The fourth-order valence-corrected chi connectivity index (χ4v) is 6.01. The summed E-state index contributed by atoms with van der Waals surface area (Å²) in [5, 5.41) is 9.57. The minimum atomic E-state index is -0.776. The topological polar surface area (TPSA) is 72.8 Å². The Morgan fingerprint density at radius 1 is 0.462 bits per heavy atom. The third-order valence-electron chi connectivity index (χ3n) is 9.30. The van der Waals surface area contributed by atoms with Crippen LogP contribution in [0.5, 0.6) is 0 Å². The predicted molar refractivity (Wildman–Crippen MR) is 223 cm³/mol. The second-order valence-electron chi connectivity index (χ2n) is 14.4. The van der Waals surface area contributed by atoms with Crippen LogP contribution in [-0.2, 0) is 19.1 Å². The van der Waals surface area contributed by atoms with Gasteiger partial charge in [-0.25, -0.2) is 0 Å². The SMILES string of the molecule is CC/C=C\C/C=C\C/C=C\C/C=C\CCCCCCCCCCCCCCC(=O)OC(CO)COC(=O)CCCCCCC/C=C\CCCCCC. The van der Waals surface area contributed by atoms with Crippen LogP contribution in [-0.4, -0.2) is 36.4 Å². The highest BCUT2D eigenvalue weighted by molar-refractivity contribution is 5.70. The van der Waals surface area contributed by atoms with Gasteiger partial charge >= 0.3 is 11.9 Å². The van der Waals surface area contributed by atoms with Gasteiger partial charge in [-0.05, 0) is 77.0 Å². The molecule has 0 bridgehead atoms. The van der Waals surface area contributed by atoms with Gasteiger partial charge in [0.15, 0.2) is 6.10 Å². The molecule has 0 aromatic heterocycles. The van der Waals surface area contributed by atoms with Gasteiger partial charge in [-0.2, -0.15) is 0 Å². The van der Waals surface area contributed by atoms with E-state index in [2.05, 4.69) is 74.6 Å². The number of hydrogen-bond donors (Lipinski definition) is 1. The average Bonchev–Trinajstić information content (AvgIpc) is 3.15. The van der Waals surface area contributed by atoms with Crippen LogP contribution in [0.1, 0.15) is 206 Å². The molecule has 0 radical (unpaired) electrons. The van der Waals surface area contributed by atoms with Crippen molar-refractivity contribution in [1.82, 2.24) is 0 Å². The fraction of sp³-hybridized carbons (Fsp3) is 0.745. The molecule has 0 saturated heterocycles. The van der Waals surface area contributed by atoms with E-state index in [-0.39, 0.29) is 25.2 Å². The molecule has 1 N–H and O–H groups in total. The van der Waals surface area contributed by atoms with Crippen molar-refractivity contribution in [3.8, 4) is 0 Å². The summed E-state index contributed by atoms with van der Waals surface area (Å²) in [6.07, 6.45) is 55.8. The van der Waals surface area contributed by atoms with Crippen LogP contribution in [0.3, 0.4) is 0 Å². The largest absolute Gasteiger partial charge is 0.462 e. The molecule has 0 aliphatic rings. The normalized spacial score (nSPS) is 12.8. The number of rotatable bonds is 39. The standard InChI is InChI=1S/C47H82O5/c1-3-5-7-9-11-13-15-17-18-19-20-21-22-23-24-25-26-27-28-30-32-34-36-38-40-42-47(50)52-45(43-48)44-51-46(49)41-39-37-35-33-31-29-16-14-12-10-8-6-4-2/h5,7,11,13-14,16-18,20-21,45,48H,3-4,6,8-10,12,15,19,22-44H2,1-2H3/b7-5-,13-11-,16-14-,18-17-,21-20-. The fourth-order valence-electron chi connectivity index (χ4n) is 6.01. The van der Waals surface area contributed by atoms with Crippen molar-refractivity contribution in [3.05, 3.63) is 60.8 Å². The molecule has 0 aliphatic heterocycles. The first-order chi connectivity index (χ1) is 25.6. The molecule has 5 heteroatoms. The number of carbonyl (C=O) groups excluding carboxylic acids is 2. The van der Waals surface area contributed by atoms with Gasteiger partial charge in [0, 0.05) is 12.8 Å². The van der Waals surface area contributed by atoms with E-state index in [1.54, 1.807) is 0 Å². The summed E-state index contributed by atoms with van der Waals surface area (Å²) in [6.45, 7) is 4.00. The predicted octanol–water partition coefficient (Wildman–Crippen LogP) is 14.0. The summed E-state index contributed by atoms with van der Waals surface area (Å²) >= 11 is 0. The summed E-state index contributed by atoms with van der Waals surface area (Å²) in [7, 11) is 0. The lowest BCUT2D eigenvalue weighted by Gasteiger charge is -2.15. The Balaban J connectivity index is 3.53. The lowest BCUT2D eigenvalue weighted by atomic mass is 10.0. The van der Waals surface area contributed by atoms with E-state index in [0.29, 0.717) is 12.8 Å². The number of aliphatic hydroxyl groups is 1. The third-order valence-corrected chi connectivity index (χ3v) is 9.30. The summed E-state index contributed by atoms with van der Waals surface area (Å²) in [5.74, 6) is -0.603. The monoisotopic (exact) mass is 727 g/mol. The van der Waals surface area contributed by atoms with Gasteiger partial charge in [0.25, 0.3) is 0 Å². The van der Waals surface area contributed by atoms with Crippen molar-refractivity contribution in [2.45, 2.75) is 213 Å². The van der Waals surface area contributed by atoms with Gasteiger partial charge in [-0.3, -0.25) is 9.59 Å². The molecule has 0 fully saturated rings. The molecular weight excluding hydrogens is 645 g/mol. The van der Waals surface area contributed by atoms with E-state index in [1.165, 1.54) is 109 Å². The van der Waals surface area contributed by atoms with Crippen molar-refractivity contribution in [1.29, 1.82) is 0 Å². The van der Waals surface area contributed by atoms with Crippen LogP contribution in [0.15, 0.2) is 60.8 Å². The second kappa shape index (κ2) is 43.0. The average molecular weight is 727 g/mol. The van der Waals surface area contributed by atoms with Crippen molar-refractivity contribution in [2.75, 3.05) is 13.2 Å². The van der Waals surface area contributed by atoms with Gasteiger partial charge < -0.3 is 14.6 Å². The molecule has 0 saturated carbocycles. The maximum Gasteiger partial charge on any atom is 0.306 e. The molecule has 0 amide bonds. The summed E-state index contributed by atoms with van der Waals surface area (Å²) in [6, 6.07) is 0. The van der Waals surface area contributed by atoms with E-state index in [4.69, 9.17) is 9.47 Å². The second-order valence-corrected chi connectivity index (χ2v) is 14.4. The van der Waals surface area contributed by atoms with Gasteiger partial charge in [0.1, 0.15) is 6.61 Å². The minimum absolute atomic E-state index is 0.0715. The molecule has 5 nitrogen and oxygen atoms in total. The first-order valence-corrected chi connectivity index (χ1v) is 21.8. The Morgan fingerprint density at radius 3 is 1.27 bits per heavy atom. The number of esters is 2. The zero-order valence-corrected chi connectivity index (χ0v) is 34.1. The molecule has 300 valence electrons. The number of carbonyl (C=O) groups is 2. The maximum atomic E-state index is 12.2. The van der Waals surface area contributed by atoms with Crippen LogP contribution in [0.4, 0.5) is 0 Å². The first kappa shape index (κ1) is 49.6. The highest BCUT2D eigenvalue weighted by atomic mass is 16.6. The molecule has 0 aromatic carbocycles. The van der Waals surface area contributed by atoms with Gasteiger partial charge in [0.2, 0.25) is 0 Å². The van der Waals surface area contributed by atoms with Gasteiger partial charge in [-0.1, -0.05) is 177 Å². The molecule has 52 heavy (non-hydrogen) atoms. The molecule has 1 unspecified atom stereocenters. The molecule has 0 aliphatic carbocycles. The number of allylic oxidation sites excluding steroid dienone is 10. The Labute approximate surface area is 321 Å². The van der Waals surface area contributed by atoms with Crippen LogP contribution < -0.4 is 0 Å². The van der Waals surface area contributed by atoms with Crippen molar-refractivity contribution in [2.24, 2.45) is 0 Å². The van der Waals surface area contributed by atoms with E-state index in [9.17, 15) is 14.7 Å². The number of unbranched alkanes of at least 4 members (excludes halogenated alkanes) is 21. The third kappa shape index (κ3) is 40.4. The molecule has 0 heterocycles. The Hall–Kier alpha value is -2.40. The number of ether oxygens (including phenoxy) is 2. The lowest BCUT2D eigenvalue weighted by molar-refractivity contribution is -0.161. The zero-order chi connectivity index (χ0) is 37.8. The Bertz CT molecular complexity index is 915. The quantitative estimate of drug-likeness (QED) is 0.0388. The first-order valence-electron chi connectivity index (χ1n) is 21.8. The maximum absolute atomic E-state index is 12.2. The smallest absolute Gasteiger partial charge is 0.306 e. The number of hydrogen-bond acceptors (Lipinski definition) is 5. The van der Waals surface area contributed by atoms with E-state index in [0.717, 1.165) is 70.6 Å². The summed E-state index contributed by atoms with van der Waals surface area (Å²) < 4.78 is 10.6. The lowest BCUT2D eigenvalue weighted by Crippen LogP contribution is -2.28. The van der Waals surface area contributed by atoms with Crippen LogP contribution in [0.25, 0.3) is 0 Å². The van der Waals surface area contributed by atoms with Crippen LogP contribution in [0.2, 0.25) is 0 Å². The highest BCUT2D eigenvalue weighted by Crippen LogP contribution is 2.14. The summed E-state index contributed by atoms with van der Waals surface area (Å²) in [4.78, 5) is 24.3. The molecule has 1 atom stereocenters. The Kier molecular flexibility index (Phi) is 41.0. The van der Waals surface area contributed by atoms with E-state index >= 15 is 0 Å². The zero-order valence-electron chi connectivity index (χ0n) is 34.1. The van der Waals surface area contributed by atoms with Crippen molar-refractivity contribution in [3.63, 3.8) is 0 Å². The van der Waals surface area contributed by atoms with Gasteiger partial charge in [0.05, 0.1) is 6.61 Å². The Morgan fingerprint density at radius 2 is 0.827 bits per heavy atom. The minimum Gasteiger partial charge on any atom is -0.462 e. The van der Waals surface area contributed by atoms with Crippen LogP contribution >= 0.6 is 0 Å². The van der Waals surface area contributed by atoms with E-state index < -0.39 is 6.10 Å². The van der Waals surface area contributed by atoms with Crippen molar-refractivity contribution < 1.29 is 24.2 Å². The van der Waals surface area contributed by atoms with E-state index in [1.807, 2.05) is 0 Å². The van der Waals surface area contributed by atoms with Crippen molar-refractivity contribution >= 4 is 11.9 Å². The molecular formula is C47H82O5.